The monoisotopic (exact) mass is 479 g/mol. The number of anilines is 3. The molecule has 6 nitrogen and oxygen atoms in total. The highest BCUT2D eigenvalue weighted by atomic mass is 16.2. The smallest absolute Gasteiger partial charge is 0.326 e. The third-order valence-electron chi connectivity index (χ3n) is 6.91. The number of urea groups is 1. The first-order valence-electron chi connectivity index (χ1n) is 12.6. The highest BCUT2D eigenvalue weighted by Crippen LogP contribution is 2.27. The van der Waals surface area contributed by atoms with Gasteiger partial charge in [0.05, 0.1) is 5.52 Å². The summed E-state index contributed by atoms with van der Waals surface area (Å²) in [5, 5.41) is 4.18. The normalized spacial score (nSPS) is 14.1. The van der Waals surface area contributed by atoms with Crippen LogP contribution in [-0.4, -0.2) is 55.7 Å². The minimum absolute atomic E-state index is 0.145. The van der Waals surface area contributed by atoms with Gasteiger partial charge in [-0.1, -0.05) is 36.4 Å². The number of piperazine rings is 1. The molecule has 4 aromatic rings. The van der Waals surface area contributed by atoms with Crippen LogP contribution in [0.3, 0.4) is 0 Å². The molecule has 0 unspecified atom stereocenters. The molecule has 1 aliphatic heterocycles. The van der Waals surface area contributed by atoms with Gasteiger partial charge >= 0.3 is 6.03 Å². The van der Waals surface area contributed by atoms with Crippen LogP contribution in [0.1, 0.15) is 11.3 Å². The second-order valence-electron chi connectivity index (χ2n) is 9.40. The number of benzene rings is 3. The Labute approximate surface area is 213 Å². The maximum Gasteiger partial charge on any atom is 0.326 e. The van der Waals surface area contributed by atoms with Crippen LogP contribution in [0.15, 0.2) is 84.9 Å². The maximum atomic E-state index is 12.7. The standard InChI is InChI=1S/C30H33N5O/c1-23-14-15-27-28(31-23)12-7-13-29(27)35-20-18-34(19-21-35)17-16-24-8-6-11-26(22-24)33(2)30(36)32-25-9-4-3-5-10-25/h3-15,22H,16-21H2,1-2H3,(H,32,36). The number of fused-ring (bicyclic) bond motifs is 1. The average molecular weight is 480 g/mol. The van der Waals surface area contributed by atoms with Gasteiger partial charge in [0.1, 0.15) is 0 Å². The van der Waals surface area contributed by atoms with Gasteiger partial charge in [-0.25, -0.2) is 4.79 Å². The number of para-hydroxylation sites is 1. The van der Waals surface area contributed by atoms with Crippen molar-refractivity contribution >= 4 is 34.0 Å². The van der Waals surface area contributed by atoms with Crippen LogP contribution in [0.25, 0.3) is 10.9 Å². The Morgan fingerprint density at radius 1 is 0.917 bits per heavy atom. The van der Waals surface area contributed by atoms with Crippen molar-refractivity contribution in [3.8, 4) is 0 Å². The molecule has 0 aliphatic carbocycles. The van der Waals surface area contributed by atoms with Gasteiger partial charge in [-0.15, -0.1) is 0 Å². The van der Waals surface area contributed by atoms with Crippen LogP contribution >= 0.6 is 0 Å². The van der Waals surface area contributed by atoms with E-state index in [-0.39, 0.29) is 6.03 Å². The number of rotatable bonds is 6. The molecular formula is C30H33N5O. The van der Waals surface area contributed by atoms with E-state index in [0.29, 0.717) is 0 Å². The number of carbonyl (C=O) groups excluding carboxylic acids is 1. The third kappa shape index (κ3) is 5.50. The van der Waals surface area contributed by atoms with Gasteiger partial charge in [0.25, 0.3) is 0 Å². The summed E-state index contributed by atoms with van der Waals surface area (Å²) >= 11 is 0. The van der Waals surface area contributed by atoms with Crippen LogP contribution in [0.4, 0.5) is 21.9 Å². The highest BCUT2D eigenvalue weighted by Gasteiger charge is 2.19. The quantitative estimate of drug-likeness (QED) is 0.392. The van der Waals surface area contributed by atoms with E-state index in [2.05, 4.69) is 57.6 Å². The molecule has 1 N–H and O–H groups in total. The van der Waals surface area contributed by atoms with Gasteiger partial charge in [0.15, 0.2) is 0 Å². The van der Waals surface area contributed by atoms with Gasteiger partial charge < -0.3 is 10.2 Å². The number of nitrogens with one attached hydrogen (secondary N) is 1. The van der Waals surface area contributed by atoms with Crippen molar-refractivity contribution in [1.29, 1.82) is 0 Å². The van der Waals surface area contributed by atoms with E-state index in [0.717, 1.165) is 61.7 Å². The number of pyridine rings is 1. The molecule has 2 amide bonds. The lowest BCUT2D eigenvalue weighted by molar-refractivity contribution is 0.258. The topological polar surface area (TPSA) is 51.7 Å². The van der Waals surface area contributed by atoms with Crippen LogP contribution in [-0.2, 0) is 6.42 Å². The molecule has 0 saturated carbocycles. The summed E-state index contributed by atoms with van der Waals surface area (Å²) in [7, 11) is 1.81. The molecule has 1 aliphatic rings. The van der Waals surface area contributed by atoms with Gasteiger partial charge in [-0.2, -0.15) is 0 Å². The van der Waals surface area contributed by atoms with Crippen molar-refractivity contribution in [2.24, 2.45) is 0 Å². The van der Waals surface area contributed by atoms with Crippen LogP contribution in [0.5, 0.6) is 0 Å². The molecule has 0 radical (unpaired) electrons. The maximum absolute atomic E-state index is 12.7. The highest BCUT2D eigenvalue weighted by molar-refractivity contribution is 6.01. The largest absolute Gasteiger partial charge is 0.368 e. The molecule has 36 heavy (non-hydrogen) atoms. The first-order chi connectivity index (χ1) is 17.6. The van der Waals surface area contributed by atoms with Crippen LogP contribution in [0.2, 0.25) is 0 Å². The van der Waals surface area contributed by atoms with Crippen molar-refractivity contribution in [2.75, 3.05) is 54.9 Å². The molecule has 6 heteroatoms. The molecular weight excluding hydrogens is 446 g/mol. The number of hydrogen-bond acceptors (Lipinski definition) is 4. The summed E-state index contributed by atoms with van der Waals surface area (Å²) in [5.74, 6) is 0. The Morgan fingerprint density at radius 2 is 1.69 bits per heavy atom. The van der Waals surface area contributed by atoms with E-state index < -0.39 is 0 Å². The lowest BCUT2D eigenvalue weighted by Gasteiger charge is -2.36. The Bertz CT molecular complexity index is 1330. The lowest BCUT2D eigenvalue weighted by atomic mass is 10.1. The predicted octanol–water partition coefficient (Wildman–Crippen LogP) is 5.58. The van der Waals surface area contributed by atoms with E-state index in [1.807, 2.05) is 49.4 Å². The van der Waals surface area contributed by atoms with E-state index in [1.165, 1.54) is 16.6 Å². The van der Waals surface area contributed by atoms with Gasteiger partial charge in [0.2, 0.25) is 0 Å². The van der Waals surface area contributed by atoms with E-state index in [4.69, 9.17) is 4.98 Å². The molecule has 0 atom stereocenters. The Hall–Kier alpha value is -3.90. The molecule has 2 heterocycles. The molecule has 0 bridgehead atoms. The Morgan fingerprint density at radius 3 is 2.50 bits per heavy atom. The molecule has 1 aromatic heterocycles. The summed E-state index contributed by atoms with van der Waals surface area (Å²) in [6.07, 6.45) is 0.958. The lowest BCUT2D eigenvalue weighted by Crippen LogP contribution is -2.47. The fourth-order valence-electron chi connectivity index (χ4n) is 4.78. The minimum atomic E-state index is -0.145. The van der Waals surface area contributed by atoms with Crippen molar-refractivity contribution in [3.63, 3.8) is 0 Å². The van der Waals surface area contributed by atoms with E-state index in [9.17, 15) is 4.79 Å². The van der Waals surface area contributed by atoms with Crippen LogP contribution in [0, 0.1) is 6.92 Å². The zero-order valence-electron chi connectivity index (χ0n) is 21.0. The number of hydrogen-bond donors (Lipinski definition) is 1. The summed E-state index contributed by atoms with van der Waals surface area (Å²) < 4.78 is 0. The van der Waals surface area contributed by atoms with E-state index in [1.54, 1.807) is 11.9 Å². The molecule has 3 aromatic carbocycles. The predicted molar refractivity (Wildman–Crippen MR) is 149 cm³/mol. The van der Waals surface area contributed by atoms with Gasteiger partial charge in [0, 0.05) is 67.9 Å². The second-order valence-corrected chi connectivity index (χ2v) is 9.40. The third-order valence-corrected chi connectivity index (χ3v) is 6.91. The number of aromatic nitrogens is 1. The first-order valence-corrected chi connectivity index (χ1v) is 12.6. The number of aryl methyl sites for hydroxylation is 1. The fourth-order valence-corrected chi connectivity index (χ4v) is 4.78. The number of carbonyl (C=O) groups is 1. The number of amides is 2. The summed E-state index contributed by atoms with van der Waals surface area (Å²) in [5.41, 5.74) is 6.33. The minimum Gasteiger partial charge on any atom is -0.368 e. The van der Waals surface area contributed by atoms with Crippen molar-refractivity contribution < 1.29 is 4.79 Å². The van der Waals surface area contributed by atoms with E-state index >= 15 is 0 Å². The SMILES string of the molecule is Cc1ccc2c(N3CCN(CCc4cccc(N(C)C(=O)Nc5ccccc5)c4)CC3)cccc2n1. The van der Waals surface area contributed by atoms with Crippen molar-refractivity contribution in [2.45, 2.75) is 13.3 Å². The Kier molecular flexibility index (Phi) is 7.14. The summed E-state index contributed by atoms with van der Waals surface area (Å²) in [6, 6.07) is 28.4. The fraction of sp³-hybridized carbons (Fsp3) is 0.267. The van der Waals surface area contributed by atoms with Crippen LogP contribution < -0.4 is 15.1 Å². The molecule has 184 valence electrons. The molecule has 1 saturated heterocycles. The first kappa shape index (κ1) is 23.8. The summed E-state index contributed by atoms with van der Waals surface area (Å²) in [6.45, 7) is 7.14. The zero-order chi connectivity index (χ0) is 24.9. The molecule has 0 spiro atoms. The van der Waals surface area contributed by atoms with Crippen molar-refractivity contribution in [1.82, 2.24) is 9.88 Å². The average Bonchev–Trinajstić information content (AvgIpc) is 2.92. The summed E-state index contributed by atoms with van der Waals surface area (Å²) in [4.78, 5) is 24.0. The van der Waals surface area contributed by atoms with Gasteiger partial charge in [-0.3, -0.25) is 14.8 Å². The molecule has 5 rings (SSSR count). The zero-order valence-corrected chi connectivity index (χ0v) is 21.0. The van der Waals surface area contributed by atoms with Crippen molar-refractivity contribution in [3.05, 3.63) is 96.2 Å². The van der Waals surface area contributed by atoms with Gasteiger partial charge in [-0.05, 0) is 67.4 Å². The second kappa shape index (κ2) is 10.8. The number of nitrogens with zero attached hydrogens (tertiary/aromatic N) is 4. The Balaban J connectivity index is 1.15. The molecule has 1 fully saturated rings.